The normalized spacial score (nSPS) is 14.1. The molecule has 0 fully saturated rings. The average Bonchev–Trinajstić information content (AvgIpc) is 2.91. The SMILES string of the molecule is COc1ccc(CCC(=O)Nc2ccccc2C(=O)OCC(=O)NC2CCOc3ccccc32)cc1. The molecular weight excluding hydrogens is 460 g/mol. The number of esters is 1. The van der Waals surface area contributed by atoms with Gasteiger partial charge in [-0.1, -0.05) is 42.5 Å². The van der Waals surface area contributed by atoms with Gasteiger partial charge in [0.25, 0.3) is 5.91 Å². The zero-order valence-corrected chi connectivity index (χ0v) is 20.0. The van der Waals surface area contributed by atoms with E-state index in [9.17, 15) is 14.4 Å². The topological polar surface area (TPSA) is 103 Å². The van der Waals surface area contributed by atoms with Crippen molar-refractivity contribution in [1.82, 2.24) is 5.32 Å². The van der Waals surface area contributed by atoms with Gasteiger partial charge in [-0.25, -0.2) is 4.79 Å². The molecule has 1 aliphatic rings. The number of hydrogen-bond donors (Lipinski definition) is 2. The van der Waals surface area contributed by atoms with Crippen molar-refractivity contribution < 1.29 is 28.6 Å². The lowest BCUT2D eigenvalue weighted by atomic mass is 10.0. The van der Waals surface area contributed by atoms with E-state index in [1.165, 1.54) is 0 Å². The number of ether oxygens (including phenoxy) is 3. The van der Waals surface area contributed by atoms with E-state index in [-0.39, 0.29) is 23.9 Å². The van der Waals surface area contributed by atoms with Gasteiger partial charge in [-0.15, -0.1) is 0 Å². The van der Waals surface area contributed by atoms with Gasteiger partial charge in [-0.3, -0.25) is 9.59 Å². The first-order valence-electron chi connectivity index (χ1n) is 11.7. The van der Waals surface area contributed by atoms with E-state index in [2.05, 4.69) is 10.6 Å². The molecular formula is C28H28N2O6. The molecule has 3 aromatic rings. The van der Waals surface area contributed by atoms with Crippen molar-refractivity contribution >= 4 is 23.5 Å². The predicted octanol–water partition coefficient (Wildman–Crippen LogP) is 4.06. The molecule has 1 unspecified atom stereocenters. The first-order valence-corrected chi connectivity index (χ1v) is 11.7. The molecule has 0 saturated heterocycles. The van der Waals surface area contributed by atoms with E-state index in [0.717, 1.165) is 22.6 Å². The van der Waals surface area contributed by atoms with E-state index >= 15 is 0 Å². The van der Waals surface area contributed by atoms with Gasteiger partial charge in [0.05, 0.1) is 31.0 Å². The quantitative estimate of drug-likeness (QED) is 0.441. The van der Waals surface area contributed by atoms with Gasteiger partial charge in [0.15, 0.2) is 6.61 Å². The number of aryl methyl sites for hydroxylation is 1. The van der Waals surface area contributed by atoms with E-state index in [1.54, 1.807) is 31.4 Å². The van der Waals surface area contributed by atoms with Gasteiger partial charge in [0.2, 0.25) is 5.91 Å². The second-order valence-electron chi connectivity index (χ2n) is 8.31. The van der Waals surface area contributed by atoms with Crippen LogP contribution in [-0.4, -0.2) is 38.1 Å². The van der Waals surface area contributed by atoms with Crippen LogP contribution in [0.15, 0.2) is 72.8 Å². The van der Waals surface area contributed by atoms with Crippen LogP contribution >= 0.6 is 0 Å². The summed E-state index contributed by atoms with van der Waals surface area (Å²) in [4.78, 5) is 37.7. The van der Waals surface area contributed by atoms with Crippen LogP contribution < -0.4 is 20.1 Å². The molecule has 0 spiro atoms. The Morgan fingerprint density at radius 2 is 1.69 bits per heavy atom. The highest BCUT2D eigenvalue weighted by molar-refractivity contribution is 6.01. The highest BCUT2D eigenvalue weighted by Crippen LogP contribution is 2.31. The maximum atomic E-state index is 12.7. The van der Waals surface area contributed by atoms with Crippen molar-refractivity contribution in [3.8, 4) is 11.5 Å². The second kappa shape index (κ2) is 11.9. The second-order valence-corrected chi connectivity index (χ2v) is 8.31. The Morgan fingerprint density at radius 1 is 0.944 bits per heavy atom. The lowest BCUT2D eigenvalue weighted by Crippen LogP contribution is -2.35. The van der Waals surface area contributed by atoms with Crippen molar-refractivity contribution in [2.24, 2.45) is 0 Å². The van der Waals surface area contributed by atoms with E-state index in [0.29, 0.717) is 25.1 Å². The third-order valence-corrected chi connectivity index (χ3v) is 5.85. The number of carbonyl (C=O) groups is 3. The summed E-state index contributed by atoms with van der Waals surface area (Å²) < 4.78 is 16.0. The van der Waals surface area contributed by atoms with E-state index in [1.807, 2.05) is 48.5 Å². The number of methoxy groups -OCH3 is 1. The summed E-state index contributed by atoms with van der Waals surface area (Å²) in [5.41, 5.74) is 2.41. The first kappa shape index (κ1) is 24.8. The van der Waals surface area contributed by atoms with Gasteiger partial charge in [-0.2, -0.15) is 0 Å². The van der Waals surface area contributed by atoms with Crippen LogP contribution in [0.5, 0.6) is 11.5 Å². The largest absolute Gasteiger partial charge is 0.497 e. The fourth-order valence-electron chi connectivity index (χ4n) is 3.97. The fraction of sp³-hybridized carbons (Fsp3) is 0.250. The zero-order chi connectivity index (χ0) is 25.3. The molecule has 0 aromatic heterocycles. The molecule has 2 amide bonds. The summed E-state index contributed by atoms with van der Waals surface area (Å²) in [6.45, 7) is 0.0609. The number of nitrogens with one attached hydrogen (secondary N) is 2. The Balaban J connectivity index is 1.29. The lowest BCUT2D eigenvalue weighted by Gasteiger charge is -2.26. The van der Waals surface area contributed by atoms with Crippen molar-refractivity contribution in [3.63, 3.8) is 0 Å². The summed E-state index contributed by atoms with van der Waals surface area (Å²) in [6, 6.07) is 21.4. The Kier molecular flexibility index (Phi) is 8.18. The Hall–Kier alpha value is -4.33. The third-order valence-electron chi connectivity index (χ3n) is 5.85. The van der Waals surface area contributed by atoms with Crippen LogP contribution in [0.25, 0.3) is 0 Å². The fourth-order valence-corrected chi connectivity index (χ4v) is 3.97. The monoisotopic (exact) mass is 488 g/mol. The summed E-state index contributed by atoms with van der Waals surface area (Å²) in [5.74, 6) is 0.154. The van der Waals surface area contributed by atoms with Crippen LogP contribution in [-0.2, 0) is 20.7 Å². The maximum absolute atomic E-state index is 12.7. The molecule has 0 aliphatic carbocycles. The number of rotatable bonds is 9. The number of amides is 2. The predicted molar refractivity (Wildman–Crippen MR) is 134 cm³/mol. The molecule has 36 heavy (non-hydrogen) atoms. The number of hydrogen-bond acceptors (Lipinski definition) is 6. The molecule has 186 valence electrons. The van der Waals surface area contributed by atoms with Crippen molar-refractivity contribution in [3.05, 3.63) is 89.5 Å². The number of anilines is 1. The van der Waals surface area contributed by atoms with Crippen molar-refractivity contribution in [1.29, 1.82) is 0 Å². The number of carbonyl (C=O) groups excluding carboxylic acids is 3. The Bertz CT molecular complexity index is 1220. The van der Waals surface area contributed by atoms with Crippen LogP contribution in [0.2, 0.25) is 0 Å². The number of benzene rings is 3. The highest BCUT2D eigenvalue weighted by Gasteiger charge is 2.23. The Morgan fingerprint density at radius 3 is 2.50 bits per heavy atom. The van der Waals surface area contributed by atoms with Crippen LogP contribution in [0, 0.1) is 0 Å². The summed E-state index contributed by atoms with van der Waals surface area (Å²) in [5, 5.41) is 5.66. The summed E-state index contributed by atoms with van der Waals surface area (Å²) >= 11 is 0. The van der Waals surface area contributed by atoms with E-state index < -0.39 is 18.5 Å². The average molecular weight is 489 g/mol. The molecule has 4 rings (SSSR count). The van der Waals surface area contributed by atoms with Gasteiger partial charge < -0.3 is 24.8 Å². The molecule has 0 saturated carbocycles. The minimum absolute atomic E-state index is 0.180. The van der Waals surface area contributed by atoms with Crippen LogP contribution in [0.1, 0.15) is 40.4 Å². The summed E-state index contributed by atoms with van der Waals surface area (Å²) in [6.07, 6.45) is 1.41. The molecule has 8 nitrogen and oxygen atoms in total. The van der Waals surface area contributed by atoms with Gasteiger partial charge in [-0.05, 0) is 42.3 Å². The minimum atomic E-state index is -0.691. The van der Waals surface area contributed by atoms with Gasteiger partial charge in [0.1, 0.15) is 11.5 Å². The van der Waals surface area contributed by atoms with Crippen molar-refractivity contribution in [2.45, 2.75) is 25.3 Å². The van der Waals surface area contributed by atoms with E-state index in [4.69, 9.17) is 14.2 Å². The molecule has 1 heterocycles. The van der Waals surface area contributed by atoms with Gasteiger partial charge in [0, 0.05) is 18.4 Å². The zero-order valence-electron chi connectivity index (χ0n) is 20.0. The number of para-hydroxylation sites is 2. The molecule has 0 bridgehead atoms. The lowest BCUT2D eigenvalue weighted by molar-refractivity contribution is -0.125. The first-order chi connectivity index (χ1) is 17.5. The molecule has 2 N–H and O–H groups in total. The molecule has 3 aromatic carbocycles. The standard InChI is InChI=1S/C28H28N2O6/c1-34-20-13-10-19(11-14-20)12-15-26(31)29-23-8-4-2-7-22(23)28(33)36-18-27(32)30-24-16-17-35-25-9-5-3-6-21(24)25/h2-11,13-14,24H,12,15-18H2,1H3,(H,29,31)(H,30,32). The molecule has 8 heteroatoms. The molecule has 1 aliphatic heterocycles. The smallest absolute Gasteiger partial charge is 0.340 e. The molecule has 0 radical (unpaired) electrons. The van der Waals surface area contributed by atoms with Crippen molar-refractivity contribution in [2.75, 3.05) is 25.6 Å². The highest BCUT2D eigenvalue weighted by atomic mass is 16.5. The van der Waals surface area contributed by atoms with Gasteiger partial charge >= 0.3 is 5.97 Å². The van der Waals surface area contributed by atoms with Crippen LogP contribution in [0.4, 0.5) is 5.69 Å². The van der Waals surface area contributed by atoms with Crippen LogP contribution in [0.3, 0.4) is 0 Å². The Labute approximate surface area is 209 Å². The third kappa shape index (κ3) is 6.41. The maximum Gasteiger partial charge on any atom is 0.340 e. The number of fused-ring (bicyclic) bond motifs is 1. The minimum Gasteiger partial charge on any atom is -0.497 e. The molecule has 1 atom stereocenters. The summed E-state index contributed by atoms with van der Waals surface area (Å²) in [7, 11) is 1.60.